The predicted octanol–water partition coefficient (Wildman–Crippen LogP) is 1.54. The second-order valence-electron chi connectivity index (χ2n) is 4.55. The molecule has 0 unspecified atom stereocenters. The second-order valence-corrected chi connectivity index (χ2v) is 4.96. The summed E-state index contributed by atoms with van der Waals surface area (Å²) < 4.78 is 5.03. The van der Waals surface area contributed by atoms with Crippen molar-refractivity contribution >= 4 is 40.9 Å². The Morgan fingerprint density at radius 2 is 1.88 bits per heavy atom. The molecule has 9 nitrogen and oxygen atoms in total. The third-order valence-corrected chi connectivity index (χ3v) is 3.01. The van der Waals surface area contributed by atoms with E-state index in [0.29, 0.717) is 5.76 Å². The minimum absolute atomic E-state index is 0.121. The lowest BCUT2D eigenvalue weighted by Gasteiger charge is -2.09. The van der Waals surface area contributed by atoms with Crippen molar-refractivity contribution in [3.05, 3.63) is 70.2 Å². The Kier molecular flexibility index (Phi) is 5.96. The summed E-state index contributed by atoms with van der Waals surface area (Å²) in [4.78, 5) is 33.5. The van der Waals surface area contributed by atoms with Gasteiger partial charge in [-0.3, -0.25) is 35.9 Å². The summed E-state index contributed by atoms with van der Waals surface area (Å²) in [6, 6.07) is 8.34. The fourth-order valence-electron chi connectivity index (χ4n) is 1.65. The number of nitro groups is 1. The molecule has 1 heterocycles. The number of carbonyl (C=O) groups excluding carboxylic acids is 2. The highest BCUT2D eigenvalue weighted by Gasteiger charge is 2.10. The quantitative estimate of drug-likeness (QED) is 0.327. The zero-order valence-electron chi connectivity index (χ0n) is 12.6. The largest absolute Gasteiger partial charge is 0.465 e. The fraction of sp³-hybridized carbons (Fsp3) is 0. The number of thiocarbonyl (C=S) groups is 1. The van der Waals surface area contributed by atoms with Crippen LogP contribution in [0.4, 0.5) is 5.69 Å². The number of amides is 2. The number of non-ortho nitro benzene ring substituents is 1. The van der Waals surface area contributed by atoms with Crippen LogP contribution >= 0.6 is 12.2 Å². The highest BCUT2D eigenvalue weighted by molar-refractivity contribution is 7.80. The first-order valence-electron chi connectivity index (χ1n) is 6.83. The lowest BCUT2D eigenvalue weighted by molar-refractivity contribution is -0.384. The van der Waals surface area contributed by atoms with Crippen LogP contribution in [0.5, 0.6) is 0 Å². The first kappa shape index (κ1) is 17.8. The molecule has 0 fully saturated rings. The van der Waals surface area contributed by atoms with Gasteiger partial charge in [0.2, 0.25) is 5.91 Å². The van der Waals surface area contributed by atoms with Gasteiger partial charge in [0.05, 0.1) is 11.2 Å². The standard InChI is InChI=1S/C15H12N4O5S/c20-13(8-7-12-2-1-9-24-12)16-15(25)18-17-14(21)10-3-5-11(6-4-10)19(22)23/h1-9H,(H,17,21)(H2,16,18,20,25). The summed E-state index contributed by atoms with van der Waals surface area (Å²) in [5.41, 5.74) is 4.67. The Hall–Kier alpha value is -3.53. The maximum absolute atomic E-state index is 11.9. The maximum Gasteiger partial charge on any atom is 0.269 e. The summed E-state index contributed by atoms with van der Waals surface area (Å²) in [7, 11) is 0. The van der Waals surface area contributed by atoms with Crippen LogP contribution in [-0.4, -0.2) is 21.9 Å². The van der Waals surface area contributed by atoms with E-state index >= 15 is 0 Å². The van der Waals surface area contributed by atoms with Crippen molar-refractivity contribution in [2.75, 3.05) is 0 Å². The molecular weight excluding hydrogens is 348 g/mol. The van der Waals surface area contributed by atoms with Crippen molar-refractivity contribution in [1.29, 1.82) is 0 Å². The van der Waals surface area contributed by atoms with Crippen LogP contribution in [0.25, 0.3) is 6.08 Å². The number of hydrazine groups is 1. The van der Waals surface area contributed by atoms with Gasteiger partial charge in [0.1, 0.15) is 5.76 Å². The molecule has 2 aromatic rings. The molecule has 0 atom stereocenters. The average Bonchev–Trinajstić information content (AvgIpc) is 3.11. The number of nitro benzene ring substituents is 1. The molecule has 2 rings (SSSR count). The number of hydrogen-bond donors (Lipinski definition) is 3. The number of nitrogens with one attached hydrogen (secondary N) is 3. The molecule has 10 heteroatoms. The van der Waals surface area contributed by atoms with Gasteiger partial charge in [-0.05, 0) is 42.6 Å². The van der Waals surface area contributed by atoms with Gasteiger partial charge in [-0.25, -0.2) is 0 Å². The average molecular weight is 360 g/mol. The van der Waals surface area contributed by atoms with Crippen molar-refractivity contribution < 1.29 is 18.9 Å². The van der Waals surface area contributed by atoms with Gasteiger partial charge in [-0.1, -0.05) is 0 Å². The molecule has 0 aliphatic heterocycles. The zero-order valence-corrected chi connectivity index (χ0v) is 13.4. The first-order chi connectivity index (χ1) is 12.0. The van der Waals surface area contributed by atoms with Crippen molar-refractivity contribution in [2.24, 2.45) is 0 Å². The van der Waals surface area contributed by atoms with Gasteiger partial charge < -0.3 is 4.42 Å². The SMILES string of the molecule is O=C(C=Cc1ccco1)NC(=S)NNC(=O)c1ccc([N+](=O)[O-])cc1. The molecule has 0 radical (unpaired) electrons. The van der Waals surface area contributed by atoms with Crippen LogP contribution < -0.4 is 16.2 Å². The lowest BCUT2D eigenvalue weighted by atomic mass is 10.2. The molecule has 0 bridgehead atoms. The van der Waals surface area contributed by atoms with E-state index in [4.69, 9.17) is 16.6 Å². The van der Waals surface area contributed by atoms with Crippen LogP contribution in [0.1, 0.15) is 16.1 Å². The van der Waals surface area contributed by atoms with Crippen LogP contribution in [0.2, 0.25) is 0 Å². The summed E-state index contributed by atoms with van der Waals surface area (Å²) in [6.07, 6.45) is 4.13. The van der Waals surface area contributed by atoms with Gasteiger partial charge in [-0.2, -0.15) is 0 Å². The number of furan rings is 1. The highest BCUT2D eigenvalue weighted by atomic mass is 32.1. The molecule has 0 saturated carbocycles. The van der Waals surface area contributed by atoms with E-state index in [2.05, 4.69) is 16.2 Å². The number of benzene rings is 1. The van der Waals surface area contributed by atoms with E-state index in [1.165, 1.54) is 42.7 Å². The van der Waals surface area contributed by atoms with E-state index in [-0.39, 0.29) is 16.4 Å². The molecule has 2 amide bonds. The molecule has 128 valence electrons. The summed E-state index contributed by atoms with van der Waals surface area (Å²) >= 11 is 4.86. The topological polar surface area (TPSA) is 127 Å². The Bertz CT molecular complexity index is 815. The molecule has 0 saturated heterocycles. The van der Waals surface area contributed by atoms with Crippen LogP contribution in [0.3, 0.4) is 0 Å². The van der Waals surface area contributed by atoms with Crippen molar-refractivity contribution in [3.63, 3.8) is 0 Å². The number of nitrogens with zero attached hydrogens (tertiary/aromatic N) is 1. The van der Waals surface area contributed by atoms with E-state index < -0.39 is 16.7 Å². The Balaban J connectivity index is 1.79. The Morgan fingerprint density at radius 1 is 1.16 bits per heavy atom. The van der Waals surface area contributed by atoms with Crippen molar-refractivity contribution in [3.8, 4) is 0 Å². The fourth-order valence-corrected chi connectivity index (χ4v) is 1.80. The van der Waals surface area contributed by atoms with Gasteiger partial charge >= 0.3 is 0 Å². The Morgan fingerprint density at radius 3 is 2.48 bits per heavy atom. The normalized spacial score (nSPS) is 10.2. The molecule has 1 aromatic carbocycles. The zero-order chi connectivity index (χ0) is 18.2. The monoisotopic (exact) mass is 360 g/mol. The minimum Gasteiger partial charge on any atom is -0.465 e. The number of carbonyl (C=O) groups is 2. The maximum atomic E-state index is 11.9. The molecule has 1 aromatic heterocycles. The second kappa shape index (κ2) is 8.36. The smallest absolute Gasteiger partial charge is 0.269 e. The van der Waals surface area contributed by atoms with Gasteiger partial charge in [0.15, 0.2) is 5.11 Å². The molecular formula is C15H12N4O5S. The molecule has 25 heavy (non-hydrogen) atoms. The van der Waals surface area contributed by atoms with Crippen LogP contribution in [0, 0.1) is 10.1 Å². The van der Waals surface area contributed by atoms with Crippen LogP contribution in [0.15, 0.2) is 53.2 Å². The first-order valence-corrected chi connectivity index (χ1v) is 7.24. The Labute approximate surface area is 146 Å². The minimum atomic E-state index is -0.572. The molecule has 0 aliphatic rings. The van der Waals surface area contributed by atoms with E-state index in [1.807, 2.05) is 0 Å². The summed E-state index contributed by atoms with van der Waals surface area (Å²) in [5, 5.41) is 12.8. The van der Waals surface area contributed by atoms with E-state index in [1.54, 1.807) is 12.1 Å². The molecule has 0 aliphatic carbocycles. The van der Waals surface area contributed by atoms with Crippen molar-refractivity contribution in [2.45, 2.75) is 0 Å². The van der Waals surface area contributed by atoms with Gasteiger partial charge in [0.25, 0.3) is 11.6 Å². The van der Waals surface area contributed by atoms with Crippen molar-refractivity contribution in [1.82, 2.24) is 16.2 Å². The number of rotatable bonds is 4. The lowest BCUT2D eigenvalue weighted by Crippen LogP contribution is -2.48. The summed E-state index contributed by atoms with van der Waals surface area (Å²) in [6.45, 7) is 0. The van der Waals surface area contributed by atoms with E-state index in [9.17, 15) is 19.7 Å². The summed E-state index contributed by atoms with van der Waals surface area (Å²) in [5.74, 6) is -0.586. The number of hydrogen-bond acceptors (Lipinski definition) is 6. The van der Waals surface area contributed by atoms with Gasteiger partial charge in [-0.15, -0.1) is 0 Å². The van der Waals surface area contributed by atoms with Crippen LogP contribution in [-0.2, 0) is 4.79 Å². The van der Waals surface area contributed by atoms with Gasteiger partial charge in [0, 0.05) is 23.8 Å². The predicted molar refractivity (Wildman–Crippen MR) is 92.2 cm³/mol. The highest BCUT2D eigenvalue weighted by Crippen LogP contribution is 2.11. The third kappa shape index (κ3) is 5.55. The third-order valence-electron chi connectivity index (χ3n) is 2.81. The molecule has 3 N–H and O–H groups in total. The molecule has 0 spiro atoms. The van der Waals surface area contributed by atoms with E-state index in [0.717, 1.165) is 0 Å².